The van der Waals surface area contributed by atoms with E-state index in [9.17, 15) is 14.0 Å². The highest BCUT2D eigenvalue weighted by molar-refractivity contribution is 5.75. The van der Waals surface area contributed by atoms with Crippen LogP contribution in [0.15, 0.2) is 65.5 Å². The zero-order chi connectivity index (χ0) is 24.8. The highest BCUT2D eigenvalue weighted by Crippen LogP contribution is 2.19. The minimum Gasteiger partial charge on any atom is -0.491 e. The Kier molecular flexibility index (Phi) is 7.64. The maximum atomic E-state index is 13.2. The van der Waals surface area contributed by atoms with Crippen molar-refractivity contribution in [2.45, 2.75) is 33.0 Å². The van der Waals surface area contributed by atoms with Crippen molar-refractivity contribution in [2.75, 3.05) is 36.0 Å². The van der Waals surface area contributed by atoms with Gasteiger partial charge in [-0.3, -0.25) is 9.59 Å². The van der Waals surface area contributed by atoms with Crippen molar-refractivity contribution < 1.29 is 13.9 Å². The number of aromatic nitrogens is 2. The van der Waals surface area contributed by atoms with Gasteiger partial charge in [0.1, 0.15) is 23.9 Å². The van der Waals surface area contributed by atoms with Crippen molar-refractivity contribution in [1.82, 2.24) is 15.1 Å². The van der Waals surface area contributed by atoms with Gasteiger partial charge in [-0.1, -0.05) is 12.1 Å². The van der Waals surface area contributed by atoms with Gasteiger partial charge in [0.05, 0.1) is 6.10 Å². The summed E-state index contributed by atoms with van der Waals surface area (Å²) in [5.74, 6) is 0.885. The average molecular weight is 480 g/mol. The zero-order valence-corrected chi connectivity index (χ0v) is 20.0. The first kappa shape index (κ1) is 24.3. The van der Waals surface area contributed by atoms with Crippen LogP contribution in [0.3, 0.4) is 0 Å². The molecule has 0 atom stereocenters. The van der Waals surface area contributed by atoms with Crippen LogP contribution in [0.2, 0.25) is 0 Å². The van der Waals surface area contributed by atoms with Crippen LogP contribution in [0.5, 0.6) is 5.75 Å². The van der Waals surface area contributed by atoms with E-state index in [2.05, 4.69) is 20.2 Å². The molecule has 1 aliphatic heterocycles. The van der Waals surface area contributed by atoms with E-state index in [1.54, 1.807) is 18.2 Å². The van der Waals surface area contributed by atoms with Gasteiger partial charge < -0.3 is 19.9 Å². The van der Waals surface area contributed by atoms with Crippen LogP contribution < -0.4 is 25.4 Å². The van der Waals surface area contributed by atoms with Crippen molar-refractivity contribution in [3.63, 3.8) is 0 Å². The fourth-order valence-corrected chi connectivity index (χ4v) is 3.92. The molecule has 0 unspecified atom stereocenters. The molecule has 0 spiro atoms. The number of piperazine rings is 1. The number of nitrogens with one attached hydrogen (secondary N) is 1. The van der Waals surface area contributed by atoms with Crippen molar-refractivity contribution in [1.29, 1.82) is 0 Å². The fourth-order valence-electron chi connectivity index (χ4n) is 3.92. The highest BCUT2D eigenvalue weighted by atomic mass is 19.1. The molecule has 1 aliphatic rings. The van der Waals surface area contributed by atoms with E-state index in [0.29, 0.717) is 25.5 Å². The molecule has 8 nitrogen and oxygen atoms in total. The molecular weight excluding hydrogens is 449 g/mol. The number of ether oxygens (including phenoxy) is 1. The minimum atomic E-state index is -0.330. The molecular formula is C26H30FN5O3. The largest absolute Gasteiger partial charge is 0.491 e. The third kappa shape index (κ3) is 6.59. The van der Waals surface area contributed by atoms with E-state index in [1.165, 1.54) is 22.9 Å². The zero-order valence-electron chi connectivity index (χ0n) is 20.0. The number of anilines is 2. The minimum absolute atomic E-state index is 0.0980. The second kappa shape index (κ2) is 11.0. The molecule has 1 amide bonds. The molecule has 2 heterocycles. The Balaban J connectivity index is 1.31. The van der Waals surface area contributed by atoms with E-state index in [4.69, 9.17) is 4.74 Å². The Labute approximate surface area is 203 Å². The maximum Gasteiger partial charge on any atom is 0.267 e. The smallest absolute Gasteiger partial charge is 0.267 e. The topological polar surface area (TPSA) is 79.7 Å². The lowest BCUT2D eigenvalue weighted by Gasteiger charge is -2.36. The van der Waals surface area contributed by atoms with Gasteiger partial charge in [0.15, 0.2) is 0 Å². The molecule has 1 N–H and O–H groups in total. The van der Waals surface area contributed by atoms with Crippen molar-refractivity contribution in [3.05, 3.63) is 82.4 Å². The molecule has 0 aliphatic carbocycles. The summed E-state index contributed by atoms with van der Waals surface area (Å²) in [5, 5.41) is 7.26. The number of benzene rings is 2. The maximum absolute atomic E-state index is 13.2. The van der Waals surface area contributed by atoms with Gasteiger partial charge in [-0.15, -0.1) is 0 Å². The number of amides is 1. The van der Waals surface area contributed by atoms with E-state index < -0.39 is 0 Å². The Morgan fingerprint density at radius 1 is 0.971 bits per heavy atom. The van der Waals surface area contributed by atoms with Gasteiger partial charge >= 0.3 is 0 Å². The average Bonchev–Trinajstić information content (AvgIpc) is 2.85. The number of rotatable bonds is 8. The third-order valence-corrected chi connectivity index (χ3v) is 5.73. The second-order valence-electron chi connectivity index (χ2n) is 8.73. The number of carbonyl (C=O) groups excluding carboxylic acids is 1. The molecule has 0 saturated carbocycles. The van der Waals surface area contributed by atoms with E-state index >= 15 is 0 Å². The Morgan fingerprint density at radius 2 is 1.63 bits per heavy atom. The molecule has 0 bridgehead atoms. The molecule has 9 heteroatoms. The molecule has 1 aromatic heterocycles. The number of carbonyl (C=O) groups is 1. The predicted octanol–water partition coefficient (Wildman–Crippen LogP) is 2.81. The number of hydrogen-bond acceptors (Lipinski definition) is 6. The number of nitrogens with zero attached hydrogens (tertiary/aromatic N) is 4. The third-order valence-electron chi connectivity index (χ3n) is 5.73. The number of halogens is 1. The summed E-state index contributed by atoms with van der Waals surface area (Å²) in [7, 11) is 0. The fraction of sp³-hybridized carbons (Fsp3) is 0.346. The summed E-state index contributed by atoms with van der Waals surface area (Å²) in [5.41, 5.74) is 1.58. The van der Waals surface area contributed by atoms with E-state index in [1.807, 2.05) is 38.1 Å². The Morgan fingerprint density at radius 3 is 2.29 bits per heavy atom. The first-order chi connectivity index (χ1) is 16.9. The molecule has 184 valence electrons. The SMILES string of the molecule is CC(C)Oc1ccc(CNC(=O)Cn2nc(N3CCN(c4ccc(F)cc4)CC3)ccc2=O)cc1. The standard InChI is InChI=1S/C26H30FN5O3/c1-19(2)35-23-9-3-20(4-10-23)17-28-25(33)18-32-26(34)12-11-24(29-32)31-15-13-30(14-16-31)22-7-5-21(27)6-8-22/h3-12,19H,13-18H2,1-2H3,(H,28,33). The Bertz CT molecular complexity index is 1190. The van der Waals surface area contributed by atoms with Crippen LogP contribution in [-0.2, 0) is 17.9 Å². The molecule has 4 rings (SSSR count). The summed E-state index contributed by atoms with van der Waals surface area (Å²) < 4.78 is 20.0. The van der Waals surface area contributed by atoms with Crippen LogP contribution in [0.25, 0.3) is 0 Å². The normalized spacial score (nSPS) is 13.7. The van der Waals surface area contributed by atoms with Gasteiger partial charge in [-0.25, -0.2) is 9.07 Å². The van der Waals surface area contributed by atoms with Crippen molar-refractivity contribution in [3.8, 4) is 5.75 Å². The van der Waals surface area contributed by atoms with Gasteiger partial charge in [0.2, 0.25) is 5.91 Å². The van der Waals surface area contributed by atoms with Crippen LogP contribution >= 0.6 is 0 Å². The lowest BCUT2D eigenvalue weighted by molar-refractivity contribution is -0.122. The predicted molar refractivity (Wildman–Crippen MR) is 133 cm³/mol. The van der Waals surface area contributed by atoms with Crippen LogP contribution in [0.4, 0.5) is 15.9 Å². The van der Waals surface area contributed by atoms with Gasteiger partial charge in [0, 0.05) is 44.5 Å². The Hall–Kier alpha value is -3.88. The highest BCUT2D eigenvalue weighted by Gasteiger charge is 2.19. The van der Waals surface area contributed by atoms with Gasteiger partial charge in [0.25, 0.3) is 5.56 Å². The van der Waals surface area contributed by atoms with Crippen LogP contribution in [-0.4, -0.2) is 48.0 Å². The monoisotopic (exact) mass is 479 g/mol. The second-order valence-corrected chi connectivity index (χ2v) is 8.73. The molecule has 1 saturated heterocycles. The van der Waals surface area contributed by atoms with Gasteiger partial charge in [-0.05, 0) is 61.9 Å². The summed E-state index contributed by atoms with van der Waals surface area (Å²) in [6, 6.07) is 17.1. The van der Waals surface area contributed by atoms with E-state index in [-0.39, 0.29) is 29.9 Å². The molecule has 3 aromatic rings. The van der Waals surface area contributed by atoms with Crippen molar-refractivity contribution >= 4 is 17.4 Å². The van der Waals surface area contributed by atoms with Crippen LogP contribution in [0.1, 0.15) is 19.4 Å². The van der Waals surface area contributed by atoms with E-state index in [0.717, 1.165) is 30.1 Å². The first-order valence-electron chi connectivity index (χ1n) is 11.7. The van der Waals surface area contributed by atoms with Gasteiger partial charge in [-0.2, -0.15) is 5.10 Å². The molecule has 35 heavy (non-hydrogen) atoms. The summed E-state index contributed by atoms with van der Waals surface area (Å²) in [6.07, 6.45) is 0.0980. The molecule has 0 radical (unpaired) electrons. The molecule has 1 fully saturated rings. The van der Waals surface area contributed by atoms with Crippen LogP contribution in [0, 0.1) is 5.82 Å². The number of hydrogen-bond donors (Lipinski definition) is 1. The van der Waals surface area contributed by atoms with Crippen molar-refractivity contribution in [2.24, 2.45) is 0 Å². The lowest BCUT2D eigenvalue weighted by Crippen LogP contribution is -2.47. The first-order valence-corrected chi connectivity index (χ1v) is 11.7. The summed E-state index contributed by atoms with van der Waals surface area (Å²) in [6.45, 7) is 7.01. The quantitative estimate of drug-likeness (QED) is 0.535. The summed E-state index contributed by atoms with van der Waals surface area (Å²) >= 11 is 0. The lowest BCUT2D eigenvalue weighted by atomic mass is 10.2. The molecule has 2 aromatic carbocycles. The summed E-state index contributed by atoms with van der Waals surface area (Å²) in [4.78, 5) is 29.0.